The Labute approximate surface area is 474 Å². The number of esters is 1. The van der Waals surface area contributed by atoms with Crippen LogP contribution in [0.3, 0.4) is 0 Å². The van der Waals surface area contributed by atoms with E-state index < -0.39 is 108 Å². The summed E-state index contributed by atoms with van der Waals surface area (Å²) in [6, 6.07) is 10.7. The SMILES string of the molecule is CNCC1CCC2CCc3ccc(Cc4c(O)c5c6c(c4OC4OC(C)C(O)C(O)(O)C4OCC4CCN=C(N)N4)CC#CC(N)CCC(O)Cc4cccc(c4)C=Cc4c(OC(C)=O)cc(CO)c(c4C6=O)C5=O)c(C=O)c3C2(O)C1. The number of aliphatic hydroxyl groups excluding tert-OH is 3. The minimum Gasteiger partial charge on any atom is -0.507 e. The van der Waals surface area contributed by atoms with Gasteiger partial charge in [-0.05, 0) is 136 Å². The fourth-order valence-corrected chi connectivity index (χ4v) is 13.1. The number of phenolic OH excluding ortho intramolecular Hbond substituents is 1. The summed E-state index contributed by atoms with van der Waals surface area (Å²) in [6.07, 6.45) is -0.683. The van der Waals surface area contributed by atoms with E-state index in [0.717, 1.165) is 30.9 Å². The quantitative estimate of drug-likeness (QED) is 0.0281. The molecular weight excluding hydrogens is 1050 g/mol. The van der Waals surface area contributed by atoms with E-state index in [4.69, 9.17) is 30.4 Å². The summed E-state index contributed by atoms with van der Waals surface area (Å²) in [4.78, 5) is 62.7. The number of carbonyl (C=O) groups is 4. The van der Waals surface area contributed by atoms with Gasteiger partial charge in [-0.2, -0.15) is 0 Å². The summed E-state index contributed by atoms with van der Waals surface area (Å²) in [5.74, 6) is -0.907. The molecule has 4 aromatic rings. The second-order valence-corrected chi connectivity index (χ2v) is 22.6. The average Bonchev–Trinajstić information content (AvgIpc) is 2.46. The third kappa shape index (κ3) is 11.1. The largest absolute Gasteiger partial charge is 0.507 e. The fraction of sp³-hybridized carbons (Fsp3) is 0.468. The lowest BCUT2D eigenvalue weighted by Crippen LogP contribution is -2.68. The van der Waals surface area contributed by atoms with Gasteiger partial charge in [-0.15, -0.1) is 0 Å². The highest BCUT2D eigenvalue weighted by Gasteiger charge is 2.57. The number of carbonyl (C=O) groups excluding carboxylic acids is 4. The van der Waals surface area contributed by atoms with Gasteiger partial charge in [0.2, 0.25) is 12.1 Å². The van der Waals surface area contributed by atoms with Crippen LogP contribution in [0.2, 0.25) is 0 Å². The molecular formula is C62H71N5O15. The first kappa shape index (κ1) is 58.3. The Morgan fingerprint density at radius 1 is 0.988 bits per heavy atom. The zero-order chi connectivity index (χ0) is 58.4. The average molecular weight is 1130 g/mol. The highest BCUT2D eigenvalue weighted by Crippen LogP contribution is 2.53. The third-order valence-electron chi connectivity index (χ3n) is 17.1. The Bertz CT molecular complexity index is 3330. The number of nitrogens with one attached hydrogen (secondary N) is 2. The van der Waals surface area contributed by atoms with E-state index in [1.54, 1.807) is 24.3 Å². The van der Waals surface area contributed by atoms with Crippen molar-refractivity contribution in [3.8, 4) is 29.1 Å². The zero-order valence-electron chi connectivity index (χ0n) is 46.1. The van der Waals surface area contributed by atoms with Crippen molar-refractivity contribution in [2.45, 2.75) is 145 Å². The molecule has 4 aliphatic carbocycles. The van der Waals surface area contributed by atoms with Gasteiger partial charge < -0.3 is 76.8 Å². The lowest BCUT2D eigenvalue weighted by atomic mass is 9.61. The molecule has 20 nitrogen and oxygen atoms in total. The fourth-order valence-electron chi connectivity index (χ4n) is 13.1. The van der Waals surface area contributed by atoms with Gasteiger partial charge in [-0.1, -0.05) is 54.3 Å². The lowest BCUT2D eigenvalue weighted by Gasteiger charge is -2.48. The van der Waals surface area contributed by atoms with E-state index in [9.17, 15) is 45.3 Å². The molecule has 2 aliphatic heterocycles. The predicted octanol–water partition coefficient (Wildman–Crippen LogP) is 2.73. The van der Waals surface area contributed by atoms with Crippen LogP contribution >= 0.6 is 0 Å². The molecule has 13 N–H and O–H groups in total. The van der Waals surface area contributed by atoms with Crippen LogP contribution in [-0.2, 0) is 52.2 Å². The van der Waals surface area contributed by atoms with Crippen molar-refractivity contribution < 1.29 is 73.9 Å². The summed E-state index contributed by atoms with van der Waals surface area (Å²) in [5, 5.41) is 89.6. The monoisotopic (exact) mass is 1130 g/mol. The number of hydrogen-bond donors (Lipinski definition) is 11. The number of ketones is 2. The lowest BCUT2D eigenvalue weighted by molar-refractivity contribution is -0.379. The summed E-state index contributed by atoms with van der Waals surface area (Å²) < 4.78 is 25.1. The second-order valence-electron chi connectivity index (χ2n) is 22.6. The van der Waals surface area contributed by atoms with E-state index >= 15 is 9.59 Å². The molecule has 1 saturated heterocycles. The van der Waals surface area contributed by atoms with Crippen molar-refractivity contribution in [2.24, 2.45) is 28.3 Å². The maximum absolute atomic E-state index is 16.1. The molecule has 1 saturated carbocycles. The maximum Gasteiger partial charge on any atom is 0.308 e. The molecule has 0 amide bonds. The predicted molar refractivity (Wildman–Crippen MR) is 300 cm³/mol. The third-order valence-corrected chi connectivity index (χ3v) is 17.1. The number of aliphatic imine (C=N–C) groups is 1. The van der Waals surface area contributed by atoms with Gasteiger partial charge in [-0.3, -0.25) is 24.2 Å². The minimum absolute atomic E-state index is 0.0390. The second kappa shape index (κ2) is 23.8. The summed E-state index contributed by atoms with van der Waals surface area (Å²) in [7, 11) is 1.85. The topological polar surface area (TPSA) is 335 Å². The van der Waals surface area contributed by atoms with Crippen LogP contribution in [0.5, 0.6) is 17.2 Å². The molecule has 6 aliphatic rings. The maximum atomic E-state index is 16.1. The Hall–Kier alpha value is -6.87. The number of aldehydes is 1. The molecule has 10 rings (SSSR count). The normalized spacial score (nSPS) is 27.5. The number of benzene rings is 4. The standard InChI is InChI=1S/C62H71N5O15/c1-31-57(75)62(77,78)58(79-30-41-20-21-66-60(64)67-41)59(80-31)82-56-44-9-5-8-40(63)17-18-42(71)23-34-7-4-6-33(22-34)11-19-43-47(81-32(2)70)25-38(28-68)48-49(43)55(74)50(44)51(54(48)73)53(72)45(56)24-37-13-12-36-14-16-39-15-10-35(27-65-3)26-61(39,76)52(36)46(37)29-69/h4,6-7,11-13,19,22,25,29,31,35,39-42,57-59,65,68,71-72,75-78H,9-10,14-18,20-21,23-24,26-28,30,63H2,1-3H3,(H3,64,66,67). The smallest absolute Gasteiger partial charge is 0.308 e. The van der Waals surface area contributed by atoms with Crippen LogP contribution in [-0.4, -0.2) is 141 Å². The van der Waals surface area contributed by atoms with Crippen molar-refractivity contribution >= 4 is 41.9 Å². The van der Waals surface area contributed by atoms with Gasteiger partial charge in [0.25, 0.3) is 0 Å². The molecule has 434 valence electrons. The van der Waals surface area contributed by atoms with Crippen molar-refractivity contribution in [3.63, 3.8) is 0 Å². The number of phenols is 1. The van der Waals surface area contributed by atoms with E-state index in [2.05, 4.69) is 27.5 Å². The molecule has 4 aromatic carbocycles. The van der Waals surface area contributed by atoms with Crippen molar-refractivity contribution in [1.82, 2.24) is 10.6 Å². The van der Waals surface area contributed by atoms with Crippen molar-refractivity contribution in [1.29, 1.82) is 0 Å². The number of ether oxygens (including phenoxy) is 4. The van der Waals surface area contributed by atoms with Gasteiger partial charge in [0.05, 0.1) is 48.7 Å². The van der Waals surface area contributed by atoms with Crippen molar-refractivity contribution in [2.75, 3.05) is 26.7 Å². The molecule has 10 unspecified atom stereocenters. The highest BCUT2D eigenvalue weighted by molar-refractivity contribution is 6.32. The Morgan fingerprint density at radius 2 is 1.78 bits per heavy atom. The van der Waals surface area contributed by atoms with Gasteiger partial charge >= 0.3 is 5.97 Å². The number of aryl methyl sites for hydroxylation is 1. The number of guanidine groups is 1. The number of hydrogen-bond acceptors (Lipinski definition) is 20. The number of nitrogens with zero attached hydrogens (tertiary/aromatic N) is 1. The summed E-state index contributed by atoms with van der Waals surface area (Å²) in [6.45, 7) is 2.40. The van der Waals surface area contributed by atoms with Crippen LogP contribution in [0.25, 0.3) is 12.2 Å². The van der Waals surface area contributed by atoms with E-state index in [1.165, 1.54) is 19.1 Å². The van der Waals surface area contributed by atoms with Crippen LogP contribution in [0, 0.1) is 23.7 Å². The first-order valence-corrected chi connectivity index (χ1v) is 28.0. The number of aliphatic hydroxyl groups is 6. The molecule has 82 heavy (non-hydrogen) atoms. The van der Waals surface area contributed by atoms with E-state index in [-0.39, 0.29) is 99.7 Å². The molecule has 2 heterocycles. The zero-order valence-corrected chi connectivity index (χ0v) is 46.1. The van der Waals surface area contributed by atoms with Gasteiger partial charge in [-0.25, -0.2) is 0 Å². The first-order chi connectivity index (χ1) is 39.2. The van der Waals surface area contributed by atoms with Crippen LogP contribution in [0.15, 0.2) is 47.5 Å². The van der Waals surface area contributed by atoms with Crippen molar-refractivity contribution in [3.05, 3.63) is 120 Å². The molecule has 4 bridgehead atoms. The Balaban J connectivity index is 1.24. The first-order valence-electron chi connectivity index (χ1n) is 28.0. The van der Waals surface area contributed by atoms with E-state index in [0.29, 0.717) is 56.2 Å². The Morgan fingerprint density at radius 3 is 2.52 bits per heavy atom. The number of aromatic hydroxyl groups is 1. The van der Waals surface area contributed by atoms with Gasteiger partial charge in [0.1, 0.15) is 23.4 Å². The minimum atomic E-state index is -3.09. The van der Waals surface area contributed by atoms with Gasteiger partial charge in [0.15, 0.2) is 29.9 Å². The number of fused-ring (bicyclic) bond motifs is 5. The molecule has 0 spiro atoms. The van der Waals surface area contributed by atoms with E-state index in [1.807, 2.05) is 25.2 Å². The van der Waals surface area contributed by atoms with Gasteiger partial charge in [0, 0.05) is 65.3 Å². The number of nitrogens with two attached hydrogens (primary N) is 2. The number of rotatable bonds is 12. The molecule has 0 radical (unpaired) electrons. The van der Waals surface area contributed by atoms with Crippen LogP contribution in [0.1, 0.15) is 151 Å². The summed E-state index contributed by atoms with van der Waals surface area (Å²) in [5.41, 5.74) is 12.2. The molecule has 2 fully saturated rings. The molecule has 10 atom stereocenters. The molecule has 0 aromatic heterocycles. The Kier molecular flexibility index (Phi) is 16.9. The summed E-state index contributed by atoms with van der Waals surface area (Å²) >= 11 is 0. The highest BCUT2D eigenvalue weighted by atomic mass is 16.7. The van der Waals surface area contributed by atoms with Crippen LogP contribution in [0.4, 0.5) is 0 Å². The van der Waals surface area contributed by atoms with Crippen LogP contribution < -0.4 is 31.6 Å². The molecule has 20 heteroatoms.